The van der Waals surface area contributed by atoms with Crippen LogP contribution in [0.3, 0.4) is 0 Å². The third-order valence-electron chi connectivity index (χ3n) is 4.24. The standard InChI is InChI=1S/C15H18BrClN2O2/c1-21-14(20)15(6-7-19(9-15)11-3-4-11)18-10-2-5-13(17)12(16)8-10/h2,5,8,11,18H,3-4,6-7,9H2,1H3. The van der Waals surface area contributed by atoms with Gasteiger partial charge in [0.15, 0.2) is 0 Å². The normalized spacial score (nSPS) is 25.9. The van der Waals surface area contributed by atoms with E-state index in [0.717, 1.165) is 23.1 Å². The number of carbonyl (C=O) groups is 1. The molecule has 0 radical (unpaired) electrons. The fourth-order valence-corrected chi connectivity index (χ4v) is 3.45. The summed E-state index contributed by atoms with van der Waals surface area (Å²) < 4.78 is 5.86. The van der Waals surface area contributed by atoms with Gasteiger partial charge in [-0.25, -0.2) is 4.79 Å². The van der Waals surface area contributed by atoms with E-state index in [2.05, 4.69) is 26.1 Å². The fraction of sp³-hybridized carbons (Fsp3) is 0.533. The average Bonchev–Trinajstić information content (AvgIpc) is 3.24. The number of anilines is 1. The number of hydrogen-bond acceptors (Lipinski definition) is 4. The summed E-state index contributed by atoms with van der Waals surface area (Å²) >= 11 is 9.43. The summed E-state index contributed by atoms with van der Waals surface area (Å²) in [7, 11) is 1.45. The molecule has 1 saturated heterocycles. The molecule has 21 heavy (non-hydrogen) atoms. The summed E-state index contributed by atoms with van der Waals surface area (Å²) in [4.78, 5) is 14.7. The Bertz CT molecular complexity index is 565. The number of rotatable bonds is 4. The Balaban J connectivity index is 1.82. The summed E-state index contributed by atoms with van der Waals surface area (Å²) in [5.74, 6) is -0.197. The van der Waals surface area contributed by atoms with Gasteiger partial charge in [-0.15, -0.1) is 0 Å². The van der Waals surface area contributed by atoms with E-state index in [1.807, 2.05) is 18.2 Å². The smallest absolute Gasteiger partial charge is 0.332 e. The van der Waals surface area contributed by atoms with Gasteiger partial charge in [0.25, 0.3) is 0 Å². The van der Waals surface area contributed by atoms with E-state index in [0.29, 0.717) is 17.6 Å². The molecule has 1 aliphatic carbocycles. The molecule has 1 N–H and O–H groups in total. The number of ether oxygens (including phenoxy) is 1. The van der Waals surface area contributed by atoms with Gasteiger partial charge in [0.1, 0.15) is 5.54 Å². The van der Waals surface area contributed by atoms with Crippen LogP contribution in [0, 0.1) is 0 Å². The zero-order valence-electron chi connectivity index (χ0n) is 11.9. The van der Waals surface area contributed by atoms with E-state index in [-0.39, 0.29) is 5.97 Å². The lowest BCUT2D eigenvalue weighted by Crippen LogP contribution is -2.49. The first-order valence-electron chi connectivity index (χ1n) is 7.10. The van der Waals surface area contributed by atoms with Gasteiger partial charge in [-0.3, -0.25) is 4.90 Å². The maximum Gasteiger partial charge on any atom is 0.332 e. The van der Waals surface area contributed by atoms with Crippen LogP contribution in [-0.4, -0.2) is 42.6 Å². The molecule has 1 aliphatic heterocycles. The minimum Gasteiger partial charge on any atom is -0.467 e. The Hall–Kier alpha value is -0.780. The number of benzene rings is 1. The van der Waals surface area contributed by atoms with Gasteiger partial charge in [-0.1, -0.05) is 11.6 Å². The lowest BCUT2D eigenvalue weighted by Gasteiger charge is -2.29. The third-order valence-corrected chi connectivity index (χ3v) is 5.46. The zero-order valence-corrected chi connectivity index (χ0v) is 14.2. The van der Waals surface area contributed by atoms with Crippen molar-refractivity contribution in [2.75, 3.05) is 25.5 Å². The molecule has 1 atom stereocenters. The van der Waals surface area contributed by atoms with Crippen molar-refractivity contribution in [1.82, 2.24) is 4.90 Å². The van der Waals surface area contributed by atoms with Crippen molar-refractivity contribution in [2.45, 2.75) is 30.8 Å². The van der Waals surface area contributed by atoms with Gasteiger partial charge in [0.05, 0.1) is 12.1 Å². The second-order valence-corrected chi connectivity index (χ2v) is 7.04. The Morgan fingerprint density at radius 2 is 2.29 bits per heavy atom. The number of nitrogens with one attached hydrogen (secondary N) is 1. The molecule has 0 amide bonds. The average molecular weight is 374 g/mol. The minimum absolute atomic E-state index is 0.197. The first kappa shape index (κ1) is 15.1. The number of halogens is 2. The van der Waals surface area contributed by atoms with Crippen LogP contribution >= 0.6 is 27.5 Å². The van der Waals surface area contributed by atoms with E-state index >= 15 is 0 Å². The molecule has 2 aliphatic rings. The Kier molecular flexibility index (Phi) is 4.17. The van der Waals surface area contributed by atoms with Crippen LogP contribution < -0.4 is 5.32 Å². The Morgan fingerprint density at radius 3 is 2.90 bits per heavy atom. The van der Waals surface area contributed by atoms with Crippen molar-refractivity contribution in [1.29, 1.82) is 0 Å². The van der Waals surface area contributed by atoms with Crippen LogP contribution in [0.4, 0.5) is 5.69 Å². The molecule has 1 unspecified atom stereocenters. The molecule has 3 rings (SSSR count). The van der Waals surface area contributed by atoms with Crippen LogP contribution in [0.2, 0.25) is 5.02 Å². The molecule has 0 aromatic heterocycles. The highest BCUT2D eigenvalue weighted by molar-refractivity contribution is 9.10. The maximum absolute atomic E-state index is 12.3. The van der Waals surface area contributed by atoms with E-state index in [1.165, 1.54) is 20.0 Å². The number of esters is 1. The zero-order chi connectivity index (χ0) is 15.0. The summed E-state index contributed by atoms with van der Waals surface area (Å²) in [5, 5.41) is 4.03. The molecular weight excluding hydrogens is 356 g/mol. The van der Waals surface area contributed by atoms with Crippen LogP contribution in [0.1, 0.15) is 19.3 Å². The second-order valence-electron chi connectivity index (χ2n) is 5.78. The summed E-state index contributed by atoms with van der Waals surface area (Å²) in [5.41, 5.74) is 0.208. The monoisotopic (exact) mass is 372 g/mol. The predicted molar refractivity (Wildman–Crippen MR) is 86.7 cm³/mol. The summed E-state index contributed by atoms with van der Waals surface area (Å²) in [6.45, 7) is 1.63. The first-order valence-corrected chi connectivity index (χ1v) is 8.27. The molecule has 1 saturated carbocycles. The highest BCUT2D eigenvalue weighted by atomic mass is 79.9. The van der Waals surface area contributed by atoms with Crippen molar-refractivity contribution in [3.63, 3.8) is 0 Å². The Morgan fingerprint density at radius 1 is 1.52 bits per heavy atom. The first-order chi connectivity index (χ1) is 10.0. The largest absolute Gasteiger partial charge is 0.467 e. The second kappa shape index (κ2) is 5.78. The molecule has 6 heteroatoms. The van der Waals surface area contributed by atoms with E-state index < -0.39 is 5.54 Å². The van der Waals surface area contributed by atoms with Gasteiger partial charge >= 0.3 is 5.97 Å². The number of carbonyl (C=O) groups excluding carboxylic acids is 1. The molecule has 1 aromatic carbocycles. The number of methoxy groups -OCH3 is 1. The van der Waals surface area contributed by atoms with Crippen LogP contribution in [0.15, 0.2) is 22.7 Å². The Labute approximate surface area is 137 Å². The minimum atomic E-state index is -0.662. The van der Waals surface area contributed by atoms with Crippen molar-refractivity contribution >= 4 is 39.2 Å². The summed E-state index contributed by atoms with van der Waals surface area (Å²) in [6, 6.07) is 6.24. The highest BCUT2D eigenvalue weighted by Gasteiger charge is 2.49. The van der Waals surface area contributed by atoms with Crippen LogP contribution in [-0.2, 0) is 9.53 Å². The lowest BCUT2D eigenvalue weighted by molar-refractivity contribution is -0.145. The fourth-order valence-electron chi connectivity index (χ4n) is 2.96. The quantitative estimate of drug-likeness (QED) is 0.822. The van der Waals surface area contributed by atoms with Crippen molar-refractivity contribution < 1.29 is 9.53 Å². The highest BCUT2D eigenvalue weighted by Crippen LogP contribution is 2.36. The molecule has 114 valence electrons. The van der Waals surface area contributed by atoms with E-state index in [9.17, 15) is 4.79 Å². The molecule has 1 heterocycles. The molecule has 1 aromatic rings. The lowest BCUT2D eigenvalue weighted by atomic mass is 9.98. The van der Waals surface area contributed by atoms with Gasteiger partial charge in [0, 0.05) is 29.3 Å². The molecule has 2 fully saturated rings. The van der Waals surface area contributed by atoms with Gasteiger partial charge in [-0.05, 0) is 53.4 Å². The number of hydrogen-bond donors (Lipinski definition) is 1. The van der Waals surface area contributed by atoms with Gasteiger partial charge < -0.3 is 10.1 Å². The van der Waals surface area contributed by atoms with E-state index in [4.69, 9.17) is 16.3 Å². The van der Waals surface area contributed by atoms with Crippen LogP contribution in [0.25, 0.3) is 0 Å². The van der Waals surface area contributed by atoms with Crippen molar-refractivity contribution in [3.8, 4) is 0 Å². The van der Waals surface area contributed by atoms with Crippen LogP contribution in [0.5, 0.6) is 0 Å². The third kappa shape index (κ3) is 3.05. The molecular formula is C15H18BrClN2O2. The van der Waals surface area contributed by atoms with E-state index in [1.54, 1.807) is 0 Å². The van der Waals surface area contributed by atoms with Crippen molar-refractivity contribution in [2.24, 2.45) is 0 Å². The topological polar surface area (TPSA) is 41.6 Å². The molecule has 0 spiro atoms. The molecule has 4 nitrogen and oxygen atoms in total. The van der Waals surface area contributed by atoms with Gasteiger partial charge in [-0.2, -0.15) is 0 Å². The SMILES string of the molecule is COC(=O)C1(Nc2ccc(Cl)c(Br)c2)CCN(C2CC2)C1. The maximum atomic E-state index is 12.3. The molecule has 0 bridgehead atoms. The van der Waals surface area contributed by atoms with Gasteiger partial charge in [0.2, 0.25) is 0 Å². The predicted octanol–water partition coefficient (Wildman–Crippen LogP) is 3.29. The van der Waals surface area contributed by atoms with Crippen molar-refractivity contribution in [3.05, 3.63) is 27.7 Å². The number of nitrogens with zero attached hydrogens (tertiary/aromatic N) is 1. The number of likely N-dealkylation sites (tertiary alicyclic amines) is 1. The summed E-state index contributed by atoms with van der Waals surface area (Å²) in [6.07, 6.45) is 3.24.